The fourth-order valence-corrected chi connectivity index (χ4v) is 2.40. The zero-order valence-corrected chi connectivity index (χ0v) is 11.0. The Morgan fingerprint density at radius 2 is 1.88 bits per heavy atom. The fourth-order valence-electron chi connectivity index (χ4n) is 2.40. The molecule has 2 rings (SSSR count). The van der Waals surface area contributed by atoms with Gasteiger partial charge in [-0.2, -0.15) is 0 Å². The number of benzene rings is 1. The van der Waals surface area contributed by atoms with E-state index in [1.165, 1.54) is 24.0 Å². The molecule has 0 saturated carbocycles. The van der Waals surface area contributed by atoms with Gasteiger partial charge in [0, 0.05) is 11.1 Å². The van der Waals surface area contributed by atoms with Gasteiger partial charge in [0.15, 0.2) is 0 Å². The highest BCUT2D eigenvalue weighted by Crippen LogP contribution is 2.24. The van der Waals surface area contributed by atoms with Crippen LogP contribution in [0.15, 0.2) is 18.2 Å². The van der Waals surface area contributed by atoms with Crippen molar-refractivity contribution in [2.24, 2.45) is 0 Å². The third-order valence-corrected chi connectivity index (χ3v) is 3.13. The number of carbonyl (C=O) groups is 1. The van der Waals surface area contributed by atoms with E-state index in [0.717, 1.165) is 18.4 Å². The second kappa shape index (κ2) is 4.52. The first-order chi connectivity index (χ1) is 7.97. The molecule has 92 valence electrons. The van der Waals surface area contributed by atoms with Crippen LogP contribution in [0, 0.1) is 0 Å². The molecule has 2 nitrogen and oxygen atoms in total. The number of carbonyl (C=O) groups excluding carboxylic acids is 1. The first-order valence-corrected chi connectivity index (χ1v) is 6.41. The molecule has 2 heteroatoms. The molecule has 0 heterocycles. The summed E-state index contributed by atoms with van der Waals surface area (Å²) in [5, 5.41) is 3.05. The van der Waals surface area contributed by atoms with Crippen LogP contribution in [0.5, 0.6) is 0 Å². The molecule has 0 fully saturated rings. The van der Waals surface area contributed by atoms with E-state index in [2.05, 4.69) is 11.4 Å². The Labute approximate surface area is 103 Å². The zero-order valence-electron chi connectivity index (χ0n) is 11.0. The highest BCUT2D eigenvalue weighted by Gasteiger charge is 2.20. The summed E-state index contributed by atoms with van der Waals surface area (Å²) < 4.78 is 0. The maximum atomic E-state index is 12.2. The zero-order chi connectivity index (χ0) is 12.5. The van der Waals surface area contributed by atoms with Crippen LogP contribution in [0.2, 0.25) is 0 Å². The number of nitrogens with one attached hydrogen (secondary N) is 1. The molecule has 0 spiro atoms. The molecule has 1 amide bonds. The Morgan fingerprint density at radius 1 is 1.18 bits per heavy atom. The Bertz CT molecular complexity index is 429. The molecule has 0 aromatic heterocycles. The molecule has 0 aliphatic heterocycles. The van der Waals surface area contributed by atoms with Crippen molar-refractivity contribution in [3.63, 3.8) is 0 Å². The van der Waals surface area contributed by atoms with Crippen LogP contribution < -0.4 is 5.32 Å². The highest BCUT2D eigenvalue weighted by molar-refractivity contribution is 5.96. The lowest BCUT2D eigenvalue weighted by atomic mass is 9.88. The van der Waals surface area contributed by atoms with E-state index >= 15 is 0 Å². The largest absolute Gasteiger partial charge is 0.347 e. The topological polar surface area (TPSA) is 29.1 Å². The van der Waals surface area contributed by atoms with Gasteiger partial charge >= 0.3 is 0 Å². The second-order valence-corrected chi connectivity index (χ2v) is 5.85. The van der Waals surface area contributed by atoms with Gasteiger partial charge in [0.2, 0.25) is 0 Å². The number of hydrogen-bond acceptors (Lipinski definition) is 1. The Balaban J connectivity index is 2.29. The average molecular weight is 231 g/mol. The lowest BCUT2D eigenvalue weighted by molar-refractivity contribution is 0.0918. The van der Waals surface area contributed by atoms with Crippen LogP contribution in [-0.4, -0.2) is 11.4 Å². The molecule has 1 aromatic rings. The molecular weight excluding hydrogens is 210 g/mol. The number of aryl methyl sites for hydroxylation is 1. The SMILES string of the molecule is CC(C)(C)NC(=O)c1cccc2c1CCCC2. The first-order valence-electron chi connectivity index (χ1n) is 6.41. The van der Waals surface area contributed by atoms with E-state index in [0.29, 0.717) is 0 Å². The molecule has 0 atom stereocenters. The van der Waals surface area contributed by atoms with Crippen LogP contribution in [0.4, 0.5) is 0 Å². The smallest absolute Gasteiger partial charge is 0.251 e. The van der Waals surface area contributed by atoms with Crippen molar-refractivity contribution in [3.8, 4) is 0 Å². The molecular formula is C15H21NO. The summed E-state index contributed by atoms with van der Waals surface area (Å²) in [7, 11) is 0. The molecule has 1 aromatic carbocycles. The maximum absolute atomic E-state index is 12.2. The third kappa shape index (κ3) is 2.87. The summed E-state index contributed by atoms with van der Waals surface area (Å²) in [5.41, 5.74) is 3.32. The lowest BCUT2D eigenvalue weighted by Crippen LogP contribution is -2.41. The predicted octanol–water partition coefficient (Wildman–Crippen LogP) is 3.09. The first kappa shape index (κ1) is 12.2. The number of rotatable bonds is 1. The minimum atomic E-state index is -0.172. The summed E-state index contributed by atoms with van der Waals surface area (Å²) in [6.45, 7) is 6.04. The van der Waals surface area contributed by atoms with Gasteiger partial charge in [-0.15, -0.1) is 0 Å². The van der Waals surface area contributed by atoms with Gasteiger partial charge in [-0.25, -0.2) is 0 Å². The van der Waals surface area contributed by atoms with Crippen molar-refractivity contribution < 1.29 is 4.79 Å². The second-order valence-electron chi connectivity index (χ2n) is 5.85. The molecule has 1 N–H and O–H groups in total. The van der Waals surface area contributed by atoms with Crippen LogP contribution in [-0.2, 0) is 12.8 Å². The third-order valence-electron chi connectivity index (χ3n) is 3.13. The minimum Gasteiger partial charge on any atom is -0.347 e. The lowest BCUT2D eigenvalue weighted by Gasteiger charge is -2.23. The van der Waals surface area contributed by atoms with Crippen molar-refractivity contribution in [1.82, 2.24) is 5.32 Å². The summed E-state index contributed by atoms with van der Waals surface area (Å²) in [6, 6.07) is 6.11. The normalized spacial score (nSPS) is 15.2. The van der Waals surface area contributed by atoms with Gasteiger partial charge < -0.3 is 5.32 Å². The van der Waals surface area contributed by atoms with Crippen LogP contribution >= 0.6 is 0 Å². The summed E-state index contributed by atoms with van der Waals surface area (Å²) in [6.07, 6.45) is 4.61. The van der Waals surface area contributed by atoms with Crippen LogP contribution in [0.3, 0.4) is 0 Å². The van der Waals surface area contributed by atoms with E-state index in [-0.39, 0.29) is 11.4 Å². The molecule has 17 heavy (non-hydrogen) atoms. The van der Waals surface area contributed by atoms with Crippen molar-refractivity contribution in [3.05, 3.63) is 34.9 Å². The molecule has 0 radical (unpaired) electrons. The molecule has 0 unspecified atom stereocenters. The number of amides is 1. The summed E-state index contributed by atoms with van der Waals surface area (Å²) >= 11 is 0. The summed E-state index contributed by atoms with van der Waals surface area (Å²) in [4.78, 5) is 12.2. The molecule has 1 aliphatic rings. The van der Waals surface area contributed by atoms with Gasteiger partial charge in [0.05, 0.1) is 0 Å². The van der Waals surface area contributed by atoms with Gasteiger partial charge in [0.25, 0.3) is 5.91 Å². The van der Waals surface area contributed by atoms with Gasteiger partial charge in [-0.3, -0.25) is 4.79 Å². The van der Waals surface area contributed by atoms with Crippen molar-refractivity contribution in [1.29, 1.82) is 0 Å². The van der Waals surface area contributed by atoms with E-state index in [1.54, 1.807) is 0 Å². The Hall–Kier alpha value is -1.31. The maximum Gasteiger partial charge on any atom is 0.251 e. The van der Waals surface area contributed by atoms with Crippen molar-refractivity contribution in [2.45, 2.75) is 52.0 Å². The fraction of sp³-hybridized carbons (Fsp3) is 0.533. The Morgan fingerprint density at radius 3 is 2.59 bits per heavy atom. The van der Waals surface area contributed by atoms with Crippen molar-refractivity contribution in [2.75, 3.05) is 0 Å². The molecule has 0 bridgehead atoms. The van der Waals surface area contributed by atoms with Gasteiger partial charge in [-0.05, 0) is 63.6 Å². The highest BCUT2D eigenvalue weighted by atomic mass is 16.1. The van der Waals surface area contributed by atoms with E-state index in [1.807, 2.05) is 32.9 Å². The minimum absolute atomic E-state index is 0.0660. The summed E-state index contributed by atoms with van der Waals surface area (Å²) in [5.74, 6) is 0.0660. The quantitative estimate of drug-likeness (QED) is 0.790. The van der Waals surface area contributed by atoms with Crippen LogP contribution in [0.1, 0.15) is 55.1 Å². The Kier molecular flexibility index (Phi) is 3.23. The van der Waals surface area contributed by atoms with E-state index < -0.39 is 0 Å². The van der Waals surface area contributed by atoms with Crippen LogP contribution in [0.25, 0.3) is 0 Å². The number of fused-ring (bicyclic) bond motifs is 1. The molecule has 0 saturated heterocycles. The standard InChI is InChI=1S/C15H21NO/c1-15(2,3)16-14(17)13-10-6-8-11-7-4-5-9-12(11)13/h6,8,10H,4-5,7,9H2,1-3H3,(H,16,17). The van der Waals surface area contributed by atoms with Gasteiger partial charge in [0.1, 0.15) is 0 Å². The van der Waals surface area contributed by atoms with E-state index in [4.69, 9.17) is 0 Å². The molecule has 1 aliphatic carbocycles. The number of hydrogen-bond donors (Lipinski definition) is 1. The van der Waals surface area contributed by atoms with Crippen molar-refractivity contribution >= 4 is 5.91 Å². The average Bonchev–Trinajstić information content (AvgIpc) is 2.26. The van der Waals surface area contributed by atoms with Gasteiger partial charge in [-0.1, -0.05) is 12.1 Å². The van der Waals surface area contributed by atoms with E-state index in [9.17, 15) is 4.79 Å². The predicted molar refractivity (Wildman–Crippen MR) is 70.3 cm³/mol. The monoisotopic (exact) mass is 231 g/mol.